The summed E-state index contributed by atoms with van der Waals surface area (Å²) in [5.74, 6) is 5.40. The molecule has 3 aromatic rings. The van der Waals surface area contributed by atoms with Gasteiger partial charge in [-0.15, -0.1) is 0 Å². The second-order valence-electron chi connectivity index (χ2n) is 7.34. The number of rotatable bonds is 2. The molecule has 30 heavy (non-hydrogen) atoms. The van der Waals surface area contributed by atoms with Crippen molar-refractivity contribution in [3.63, 3.8) is 0 Å². The van der Waals surface area contributed by atoms with Gasteiger partial charge in [-0.1, -0.05) is 17.9 Å². The molecule has 0 saturated carbocycles. The van der Waals surface area contributed by atoms with Gasteiger partial charge in [-0.05, 0) is 47.9 Å². The lowest BCUT2D eigenvalue weighted by Crippen LogP contribution is -2.58. The first-order valence-corrected chi connectivity index (χ1v) is 9.44. The Bertz CT molecular complexity index is 1130. The molecule has 8 heteroatoms. The number of nitrogens with one attached hydrogen (secondary N) is 1. The van der Waals surface area contributed by atoms with Crippen LogP contribution in [-0.4, -0.2) is 67.8 Å². The second-order valence-corrected chi connectivity index (χ2v) is 7.34. The van der Waals surface area contributed by atoms with E-state index in [2.05, 4.69) is 22.0 Å². The van der Waals surface area contributed by atoms with Gasteiger partial charge in [0, 0.05) is 5.39 Å². The third-order valence-corrected chi connectivity index (χ3v) is 5.29. The molecule has 7 nitrogen and oxygen atoms in total. The van der Waals surface area contributed by atoms with E-state index >= 15 is 0 Å². The number of H-pyrrole nitrogens is 1. The van der Waals surface area contributed by atoms with Gasteiger partial charge in [-0.3, -0.25) is 5.10 Å². The Morgan fingerprint density at radius 2 is 1.93 bits per heavy atom. The van der Waals surface area contributed by atoms with Crippen molar-refractivity contribution in [3.8, 4) is 23.0 Å². The molecule has 4 unspecified atom stereocenters. The summed E-state index contributed by atoms with van der Waals surface area (Å²) in [5, 5.41) is 47.1. The van der Waals surface area contributed by atoms with Crippen LogP contribution in [0, 0.1) is 24.6 Å². The standard InChI is InChI=1S/C22H21FN2O5/c1-11-6-15(23)3-4-16(11)13-7-12(19-14(8-13)9-24-25-19)2-5-17-20(27)22(29)21(28)18(10-26)30-17/h3-4,6-9,17-18,20-22,26-29H,10H2,1H3,(H,24,25)/t17?,18?,20?,21-,22?/m1/s1. The van der Waals surface area contributed by atoms with Crippen LogP contribution in [0.5, 0.6) is 0 Å². The zero-order chi connectivity index (χ0) is 21.4. The summed E-state index contributed by atoms with van der Waals surface area (Å²) in [6.07, 6.45) is -4.84. The number of benzene rings is 2. The van der Waals surface area contributed by atoms with Crippen LogP contribution in [0.15, 0.2) is 36.5 Å². The number of aromatic nitrogens is 2. The number of aromatic amines is 1. The first kappa shape index (κ1) is 20.5. The van der Waals surface area contributed by atoms with Crippen molar-refractivity contribution in [1.82, 2.24) is 10.2 Å². The van der Waals surface area contributed by atoms with Crippen molar-refractivity contribution < 1.29 is 29.6 Å². The van der Waals surface area contributed by atoms with Crippen LogP contribution in [0.1, 0.15) is 11.1 Å². The van der Waals surface area contributed by atoms with Crippen molar-refractivity contribution in [2.45, 2.75) is 37.4 Å². The highest BCUT2D eigenvalue weighted by Crippen LogP contribution is 2.29. The lowest BCUT2D eigenvalue weighted by molar-refractivity contribution is -0.214. The first-order valence-electron chi connectivity index (χ1n) is 9.44. The minimum absolute atomic E-state index is 0.316. The summed E-state index contributed by atoms with van der Waals surface area (Å²) in [4.78, 5) is 0. The monoisotopic (exact) mass is 412 g/mol. The molecule has 1 fully saturated rings. The second kappa shape index (κ2) is 8.14. The Morgan fingerprint density at radius 1 is 1.13 bits per heavy atom. The third kappa shape index (κ3) is 3.69. The third-order valence-electron chi connectivity index (χ3n) is 5.29. The van der Waals surface area contributed by atoms with E-state index < -0.39 is 37.1 Å². The maximum absolute atomic E-state index is 13.5. The van der Waals surface area contributed by atoms with Gasteiger partial charge in [0.1, 0.15) is 36.3 Å². The number of halogens is 1. The number of hydrogen-bond donors (Lipinski definition) is 5. The van der Waals surface area contributed by atoms with E-state index in [1.54, 1.807) is 12.3 Å². The molecule has 0 radical (unpaired) electrons. The molecule has 5 atom stereocenters. The molecule has 2 aromatic carbocycles. The number of aryl methyl sites for hydroxylation is 1. The number of fused-ring (bicyclic) bond motifs is 1. The fourth-order valence-corrected chi connectivity index (χ4v) is 3.63. The molecule has 0 aliphatic carbocycles. The normalized spacial score (nSPS) is 26.4. The number of ether oxygens (including phenoxy) is 1. The molecule has 1 aliphatic rings. The van der Waals surface area contributed by atoms with E-state index in [9.17, 15) is 24.8 Å². The van der Waals surface area contributed by atoms with Gasteiger partial charge in [0.05, 0.1) is 23.9 Å². The highest BCUT2D eigenvalue weighted by molar-refractivity contribution is 5.89. The van der Waals surface area contributed by atoms with Gasteiger partial charge >= 0.3 is 0 Å². The lowest BCUT2D eigenvalue weighted by Gasteiger charge is -2.37. The SMILES string of the molecule is Cc1cc(F)ccc1-c1cc(C#CC2OC(CO)[C@@H](O)C(O)C2O)c2[nH]ncc2c1. The van der Waals surface area contributed by atoms with Crippen LogP contribution >= 0.6 is 0 Å². The first-order chi connectivity index (χ1) is 14.4. The van der Waals surface area contributed by atoms with Crippen LogP contribution in [0.2, 0.25) is 0 Å². The molecule has 1 saturated heterocycles. The molecular weight excluding hydrogens is 391 g/mol. The summed E-state index contributed by atoms with van der Waals surface area (Å²) >= 11 is 0. The predicted molar refractivity (Wildman–Crippen MR) is 107 cm³/mol. The lowest BCUT2D eigenvalue weighted by atomic mass is 9.94. The zero-order valence-corrected chi connectivity index (χ0v) is 16.1. The van der Waals surface area contributed by atoms with Crippen LogP contribution in [0.3, 0.4) is 0 Å². The van der Waals surface area contributed by atoms with Crippen LogP contribution in [-0.2, 0) is 4.74 Å². The van der Waals surface area contributed by atoms with E-state index in [1.807, 2.05) is 19.1 Å². The molecule has 4 rings (SSSR count). The van der Waals surface area contributed by atoms with Crippen molar-refractivity contribution in [2.75, 3.05) is 6.61 Å². The van der Waals surface area contributed by atoms with Crippen LogP contribution in [0.4, 0.5) is 4.39 Å². The quantitative estimate of drug-likeness (QED) is 0.399. The smallest absolute Gasteiger partial charge is 0.147 e. The zero-order valence-electron chi connectivity index (χ0n) is 16.1. The summed E-state index contributed by atoms with van der Waals surface area (Å²) in [7, 11) is 0. The number of aliphatic hydroxyl groups is 4. The van der Waals surface area contributed by atoms with Crippen LogP contribution in [0.25, 0.3) is 22.0 Å². The highest BCUT2D eigenvalue weighted by Gasteiger charge is 2.42. The average Bonchev–Trinajstić information content (AvgIpc) is 3.20. The Kier molecular flexibility index (Phi) is 5.56. The fourth-order valence-electron chi connectivity index (χ4n) is 3.63. The minimum Gasteiger partial charge on any atom is -0.394 e. The maximum Gasteiger partial charge on any atom is 0.147 e. The van der Waals surface area contributed by atoms with Gasteiger partial charge in [0.15, 0.2) is 0 Å². The molecule has 5 N–H and O–H groups in total. The topological polar surface area (TPSA) is 119 Å². The highest BCUT2D eigenvalue weighted by atomic mass is 19.1. The molecule has 156 valence electrons. The number of nitrogens with zero attached hydrogens (tertiary/aromatic N) is 1. The van der Waals surface area contributed by atoms with Crippen molar-refractivity contribution >= 4 is 10.9 Å². The molecule has 0 spiro atoms. The van der Waals surface area contributed by atoms with Gasteiger partial charge in [-0.25, -0.2) is 4.39 Å². The van der Waals surface area contributed by atoms with Crippen molar-refractivity contribution in [1.29, 1.82) is 0 Å². The van der Waals surface area contributed by atoms with Gasteiger partial charge < -0.3 is 25.2 Å². The van der Waals surface area contributed by atoms with Crippen molar-refractivity contribution in [2.24, 2.45) is 0 Å². The molecular formula is C22H21FN2O5. The molecule has 0 bridgehead atoms. The molecule has 1 aromatic heterocycles. The van der Waals surface area contributed by atoms with E-state index in [4.69, 9.17) is 4.74 Å². The maximum atomic E-state index is 13.5. The average molecular weight is 412 g/mol. The molecule has 1 aliphatic heterocycles. The molecule has 2 heterocycles. The summed E-state index contributed by atoms with van der Waals surface area (Å²) in [5.41, 5.74) is 3.68. The Labute approximate surface area is 171 Å². The Hall–Kier alpha value is -2.80. The largest absolute Gasteiger partial charge is 0.394 e. The predicted octanol–water partition coefficient (Wildman–Crippen LogP) is 0.871. The van der Waals surface area contributed by atoms with Crippen molar-refractivity contribution in [3.05, 3.63) is 53.5 Å². The molecule has 0 amide bonds. The Balaban J connectivity index is 1.74. The number of aliphatic hydroxyl groups excluding tert-OH is 4. The minimum atomic E-state index is -1.49. The van der Waals surface area contributed by atoms with E-state index in [1.165, 1.54) is 12.1 Å². The van der Waals surface area contributed by atoms with Gasteiger partial charge in [0.2, 0.25) is 0 Å². The van der Waals surface area contributed by atoms with Gasteiger partial charge in [-0.2, -0.15) is 5.10 Å². The summed E-state index contributed by atoms with van der Waals surface area (Å²) < 4.78 is 18.9. The van der Waals surface area contributed by atoms with E-state index in [0.717, 1.165) is 22.1 Å². The van der Waals surface area contributed by atoms with Crippen LogP contribution < -0.4 is 0 Å². The van der Waals surface area contributed by atoms with E-state index in [-0.39, 0.29) is 5.82 Å². The van der Waals surface area contributed by atoms with E-state index in [0.29, 0.717) is 11.1 Å². The fraction of sp³-hybridized carbons (Fsp3) is 0.318. The summed E-state index contributed by atoms with van der Waals surface area (Å²) in [6.45, 7) is 1.30. The van der Waals surface area contributed by atoms with Gasteiger partial charge in [0.25, 0.3) is 0 Å². The Morgan fingerprint density at radius 3 is 2.67 bits per heavy atom. The number of hydrogen-bond acceptors (Lipinski definition) is 6. The summed E-state index contributed by atoms with van der Waals surface area (Å²) in [6, 6.07) is 8.27.